The Morgan fingerprint density at radius 2 is 1.72 bits per heavy atom. The van der Waals surface area contributed by atoms with Crippen LogP contribution in [-0.4, -0.2) is 18.8 Å². The number of nitrogens with zero attached hydrogens (tertiary/aromatic N) is 3. The molecular weight excluding hydrogens is 339 g/mol. The summed E-state index contributed by atoms with van der Waals surface area (Å²) in [6.07, 6.45) is 0.706. The Balaban J connectivity index is 3.28. The van der Waals surface area contributed by atoms with E-state index in [0.717, 1.165) is 5.69 Å². The van der Waals surface area contributed by atoms with Crippen molar-refractivity contribution in [2.75, 3.05) is 0 Å². The van der Waals surface area contributed by atoms with Gasteiger partial charge in [0.15, 0.2) is 0 Å². The summed E-state index contributed by atoms with van der Waals surface area (Å²) < 4.78 is -1.89. The second-order valence-electron chi connectivity index (χ2n) is 4.37. The van der Waals surface area contributed by atoms with E-state index in [-0.39, 0.29) is 0 Å². The van der Waals surface area contributed by atoms with Crippen molar-refractivity contribution in [3.63, 3.8) is 0 Å². The van der Waals surface area contributed by atoms with E-state index in [9.17, 15) is 0 Å². The third-order valence-electron chi connectivity index (χ3n) is 2.39. The number of aryl methyl sites for hydroxylation is 1. The van der Waals surface area contributed by atoms with Crippen molar-refractivity contribution in [2.45, 2.75) is 41.9 Å². The largest absolute Gasteiger partial charge is 0.249 e. The van der Waals surface area contributed by atoms with Crippen LogP contribution in [0.1, 0.15) is 32.2 Å². The lowest BCUT2D eigenvalue weighted by Crippen LogP contribution is -2.30. The van der Waals surface area contributed by atoms with E-state index < -0.39 is 8.13 Å². The van der Waals surface area contributed by atoms with Crippen molar-refractivity contribution >= 4 is 58.0 Å². The third-order valence-corrected chi connectivity index (χ3v) is 4.75. The molecule has 0 N–H and O–H groups in total. The molecule has 1 aromatic heterocycles. The van der Waals surface area contributed by atoms with Crippen LogP contribution in [-0.2, 0) is 17.3 Å². The first-order chi connectivity index (χ1) is 8.11. The Bertz CT molecular complexity index is 408. The maximum atomic E-state index is 6.15. The van der Waals surface area contributed by atoms with Gasteiger partial charge in [0.1, 0.15) is 5.69 Å². The molecule has 0 atom stereocenters. The monoisotopic (exact) mass is 351 g/mol. The van der Waals surface area contributed by atoms with Gasteiger partial charge in [-0.15, -0.1) is 5.10 Å². The zero-order valence-corrected chi connectivity index (χ0v) is 14.0. The smallest absolute Gasteiger partial charge is 0.228 e. The maximum absolute atomic E-state index is 6.15. The molecule has 0 fully saturated rings. The van der Waals surface area contributed by atoms with Crippen LogP contribution in [0.15, 0.2) is 0 Å². The zero-order chi connectivity index (χ0) is 14.1. The molecule has 0 aliphatic rings. The van der Waals surface area contributed by atoms with E-state index in [2.05, 4.69) is 24.2 Å². The Morgan fingerprint density at radius 3 is 2.11 bits per heavy atom. The minimum Gasteiger partial charge on any atom is -0.249 e. The van der Waals surface area contributed by atoms with Gasteiger partial charge in [-0.2, -0.15) is 0 Å². The first-order valence-corrected chi connectivity index (χ1v) is 7.37. The van der Waals surface area contributed by atoms with Gasteiger partial charge < -0.3 is 0 Å². The molecule has 0 saturated carbocycles. The van der Waals surface area contributed by atoms with Crippen LogP contribution in [0, 0.1) is 5.92 Å². The standard InChI is InChI=1S/C10H14Cl5N3/c1-4-18-7(5-6(2)3)8(16-17-18)9(11,12)10(13,14)15/h6H,4-5H2,1-3H3. The predicted molar refractivity (Wildman–Crippen MR) is 77.9 cm³/mol. The minimum atomic E-state index is -1.88. The first-order valence-electron chi connectivity index (χ1n) is 5.48. The minimum absolute atomic E-state index is 0.307. The summed E-state index contributed by atoms with van der Waals surface area (Å²) >= 11 is 29.7. The number of rotatable bonds is 4. The molecule has 18 heavy (non-hydrogen) atoms. The van der Waals surface area contributed by atoms with Crippen molar-refractivity contribution in [3.8, 4) is 0 Å². The number of aromatic nitrogens is 3. The fourth-order valence-electron chi connectivity index (χ4n) is 1.55. The van der Waals surface area contributed by atoms with Gasteiger partial charge in [0.05, 0.1) is 5.69 Å². The SMILES string of the molecule is CCn1nnc(C(Cl)(Cl)C(Cl)(Cl)Cl)c1CC(C)C. The highest BCUT2D eigenvalue weighted by molar-refractivity contribution is 6.75. The lowest BCUT2D eigenvalue weighted by Gasteiger charge is -2.26. The molecule has 0 spiro atoms. The van der Waals surface area contributed by atoms with E-state index in [1.54, 1.807) is 4.68 Å². The lowest BCUT2D eigenvalue weighted by atomic mass is 10.1. The van der Waals surface area contributed by atoms with E-state index in [1.165, 1.54) is 0 Å². The highest BCUT2D eigenvalue weighted by Gasteiger charge is 2.51. The van der Waals surface area contributed by atoms with Crippen LogP contribution in [0.3, 0.4) is 0 Å². The molecule has 0 aliphatic carbocycles. The third kappa shape index (κ3) is 3.37. The van der Waals surface area contributed by atoms with E-state index in [1.807, 2.05) is 6.92 Å². The van der Waals surface area contributed by atoms with Crippen LogP contribution in [0.2, 0.25) is 0 Å². The van der Waals surface area contributed by atoms with E-state index in [0.29, 0.717) is 24.6 Å². The summed E-state index contributed by atoms with van der Waals surface area (Å²) in [5.41, 5.74) is 1.10. The van der Waals surface area contributed by atoms with Crippen molar-refractivity contribution in [3.05, 3.63) is 11.4 Å². The summed E-state index contributed by atoms with van der Waals surface area (Å²) in [4.78, 5) is 0. The Hall–Kier alpha value is 0.590. The molecule has 1 aromatic rings. The van der Waals surface area contributed by atoms with Gasteiger partial charge >= 0.3 is 0 Å². The molecule has 0 radical (unpaired) electrons. The molecule has 8 heteroatoms. The van der Waals surface area contributed by atoms with E-state index >= 15 is 0 Å². The highest BCUT2D eigenvalue weighted by Crippen LogP contribution is 2.53. The topological polar surface area (TPSA) is 30.7 Å². The van der Waals surface area contributed by atoms with Gasteiger partial charge in [-0.1, -0.05) is 77.1 Å². The molecule has 0 amide bonds. The van der Waals surface area contributed by atoms with Gasteiger partial charge in [-0.3, -0.25) is 0 Å². The molecule has 0 bridgehead atoms. The van der Waals surface area contributed by atoms with Crippen LogP contribution in [0.4, 0.5) is 0 Å². The summed E-state index contributed by atoms with van der Waals surface area (Å²) in [6, 6.07) is 0. The maximum Gasteiger partial charge on any atom is 0.228 e. The normalized spacial score (nSPS) is 13.4. The van der Waals surface area contributed by atoms with Crippen LogP contribution >= 0.6 is 58.0 Å². The Morgan fingerprint density at radius 1 is 1.17 bits per heavy atom. The summed E-state index contributed by atoms with van der Waals surface area (Å²) in [6.45, 7) is 6.73. The number of hydrogen-bond acceptors (Lipinski definition) is 2. The molecule has 0 aliphatic heterocycles. The highest BCUT2D eigenvalue weighted by atomic mass is 35.6. The molecule has 104 valence electrons. The lowest BCUT2D eigenvalue weighted by molar-refractivity contribution is 0.551. The number of alkyl halides is 5. The zero-order valence-electron chi connectivity index (χ0n) is 10.2. The summed E-state index contributed by atoms with van der Waals surface area (Å²) in [5.74, 6) is 0.382. The van der Waals surface area contributed by atoms with Crippen LogP contribution < -0.4 is 0 Å². The molecule has 1 rings (SSSR count). The van der Waals surface area contributed by atoms with Gasteiger partial charge in [0.25, 0.3) is 0 Å². The van der Waals surface area contributed by atoms with Crippen LogP contribution in [0.25, 0.3) is 0 Å². The Kier molecular flexibility index (Phi) is 5.48. The predicted octanol–water partition coefficient (Wildman–Crippen LogP) is 4.50. The van der Waals surface area contributed by atoms with Gasteiger partial charge in [0, 0.05) is 6.54 Å². The Labute approximate surface area is 132 Å². The van der Waals surface area contributed by atoms with Crippen molar-refractivity contribution < 1.29 is 0 Å². The van der Waals surface area contributed by atoms with Gasteiger partial charge in [-0.25, -0.2) is 4.68 Å². The first kappa shape index (κ1) is 16.6. The second kappa shape index (κ2) is 5.92. The van der Waals surface area contributed by atoms with Gasteiger partial charge in [0.2, 0.25) is 8.13 Å². The molecule has 0 saturated heterocycles. The quantitative estimate of drug-likeness (QED) is 0.746. The average molecular weight is 354 g/mol. The molecular formula is C10H14Cl5N3. The van der Waals surface area contributed by atoms with Crippen molar-refractivity contribution in [2.24, 2.45) is 5.92 Å². The molecule has 0 unspecified atom stereocenters. The van der Waals surface area contributed by atoms with Crippen molar-refractivity contribution in [1.82, 2.24) is 15.0 Å². The summed E-state index contributed by atoms with van der Waals surface area (Å²) in [5, 5.41) is 7.96. The number of halogens is 5. The fraction of sp³-hybridized carbons (Fsp3) is 0.800. The van der Waals surface area contributed by atoms with Crippen LogP contribution in [0.5, 0.6) is 0 Å². The molecule has 3 nitrogen and oxygen atoms in total. The fourth-order valence-corrected chi connectivity index (χ4v) is 2.12. The molecule has 0 aromatic carbocycles. The molecule has 1 heterocycles. The summed E-state index contributed by atoms with van der Waals surface area (Å²) in [7, 11) is 0. The average Bonchev–Trinajstić information content (AvgIpc) is 2.58. The van der Waals surface area contributed by atoms with E-state index in [4.69, 9.17) is 58.0 Å². The second-order valence-corrected chi connectivity index (χ2v) is 7.98. The van der Waals surface area contributed by atoms with Gasteiger partial charge in [-0.05, 0) is 19.3 Å². The van der Waals surface area contributed by atoms with Crippen molar-refractivity contribution in [1.29, 1.82) is 0 Å². The number of hydrogen-bond donors (Lipinski definition) is 0.